The summed E-state index contributed by atoms with van der Waals surface area (Å²) in [5.74, 6) is 0. The van der Waals surface area contributed by atoms with Gasteiger partial charge in [-0.3, -0.25) is 0 Å². The van der Waals surface area contributed by atoms with E-state index in [9.17, 15) is 0 Å². The van der Waals surface area contributed by atoms with Crippen LogP contribution in [0.1, 0.15) is 0 Å². The molecular formula is C49H32NO2P. The maximum Gasteiger partial charge on any atom is 0.171 e. The molecule has 2 heterocycles. The van der Waals surface area contributed by atoms with Crippen molar-refractivity contribution >= 4 is 66.7 Å². The third-order valence-corrected chi connectivity index (χ3v) is 13.4. The average molecular weight is 698 g/mol. The van der Waals surface area contributed by atoms with E-state index in [2.05, 4.69) is 109 Å². The normalized spacial score (nSPS) is 11.8. The minimum atomic E-state index is -3.15. The molecule has 53 heavy (non-hydrogen) atoms. The smallest absolute Gasteiger partial charge is 0.171 e. The fraction of sp³-hybridized carbons (Fsp3) is 0. The topological polar surface area (TPSA) is 43.1 Å². The van der Waals surface area contributed by atoms with E-state index in [1.165, 1.54) is 0 Å². The first-order valence-electron chi connectivity index (χ1n) is 17.8. The van der Waals surface area contributed by atoms with Crippen LogP contribution in [0.5, 0.6) is 0 Å². The number of nitrogens with zero attached hydrogens (tertiary/aromatic N) is 1. The van der Waals surface area contributed by atoms with Gasteiger partial charge in [0, 0.05) is 54.0 Å². The van der Waals surface area contributed by atoms with Gasteiger partial charge in [0.1, 0.15) is 11.2 Å². The van der Waals surface area contributed by atoms with Crippen LogP contribution in [0.2, 0.25) is 0 Å². The molecule has 3 nitrogen and oxygen atoms in total. The third kappa shape index (κ3) is 5.12. The molecule has 0 saturated carbocycles. The quantitative estimate of drug-likeness (QED) is 0.128. The Morgan fingerprint density at radius 3 is 1.68 bits per heavy atom. The van der Waals surface area contributed by atoms with Crippen LogP contribution in [0.3, 0.4) is 0 Å². The van der Waals surface area contributed by atoms with Crippen molar-refractivity contribution in [3.63, 3.8) is 0 Å². The lowest BCUT2D eigenvalue weighted by Gasteiger charge is -2.21. The van der Waals surface area contributed by atoms with Crippen LogP contribution in [-0.2, 0) is 4.57 Å². The zero-order chi connectivity index (χ0) is 35.4. The Balaban J connectivity index is 1.21. The number of benzene rings is 8. The summed E-state index contributed by atoms with van der Waals surface area (Å²) < 4.78 is 21.8. The van der Waals surface area contributed by atoms with Crippen molar-refractivity contribution in [2.75, 3.05) is 0 Å². The summed E-state index contributed by atoms with van der Waals surface area (Å²) in [5, 5.41) is 7.90. The van der Waals surface area contributed by atoms with Crippen molar-refractivity contribution < 1.29 is 8.98 Å². The van der Waals surface area contributed by atoms with Gasteiger partial charge in [0.25, 0.3) is 0 Å². The summed E-state index contributed by atoms with van der Waals surface area (Å²) in [7, 11) is -3.15. The standard InChI is InChI=1S/C49H32NO2P/c51-53(37-21-6-2-7-22-37,38-23-8-3-9-24-38)39-25-15-19-35(31-39)34-18-14-20-36(30-34)49-42-32-45-48(41-27-11-13-29-44(41)52-45)46(33-16-4-1-5-17-33)47(42)40-26-10-12-28-43(40)50-49/h1-32H. The highest BCUT2D eigenvalue weighted by molar-refractivity contribution is 7.85. The summed E-state index contributed by atoms with van der Waals surface area (Å²) in [6.45, 7) is 0. The van der Waals surface area contributed by atoms with Crippen LogP contribution in [-0.4, -0.2) is 4.98 Å². The number of para-hydroxylation sites is 2. The van der Waals surface area contributed by atoms with E-state index in [-0.39, 0.29) is 0 Å². The summed E-state index contributed by atoms with van der Waals surface area (Å²) >= 11 is 0. The summed E-state index contributed by atoms with van der Waals surface area (Å²) in [4.78, 5) is 5.35. The number of fused-ring (bicyclic) bond motifs is 6. The van der Waals surface area contributed by atoms with E-state index in [0.29, 0.717) is 0 Å². The van der Waals surface area contributed by atoms with Crippen LogP contribution >= 0.6 is 7.14 Å². The van der Waals surface area contributed by atoms with Crippen LogP contribution in [0.4, 0.5) is 0 Å². The van der Waals surface area contributed by atoms with Crippen molar-refractivity contribution in [1.29, 1.82) is 0 Å². The lowest BCUT2D eigenvalue weighted by atomic mass is 9.89. The number of hydrogen-bond acceptors (Lipinski definition) is 3. The highest BCUT2D eigenvalue weighted by Gasteiger charge is 2.30. The number of aromatic nitrogens is 1. The molecule has 250 valence electrons. The Bertz CT molecular complexity index is 2980. The lowest BCUT2D eigenvalue weighted by Crippen LogP contribution is -2.25. The molecule has 4 heteroatoms. The number of pyridine rings is 1. The van der Waals surface area contributed by atoms with Gasteiger partial charge in [-0.1, -0.05) is 164 Å². The Morgan fingerprint density at radius 2 is 0.943 bits per heavy atom. The van der Waals surface area contributed by atoms with Crippen LogP contribution < -0.4 is 15.9 Å². The minimum Gasteiger partial charge on any atom is -0.456 e. The summed E-state index contributed by atoms with van der Waals surface area (Å²) in [6.07, 6.45) is 0. The molecule has 0 amide bonds. The predicted octanol–water partition coefficient (Wildman–Crippen LogP) is 11.9. The van der Waals surface area contributed by atoms with Gasteiger partial charge in [-0.05, 0) is 47.0 Å². The van der Waals surface area contributed by atoms with E-state index in [1.54, 1.807) is 0 Å². The molecule has 0 fully saturated rings. The highest BCUT2D eigenvalue weighted by atomic mass is 31.2. The predicted molar refractivity (Wildman–Crippen MR) is 222 cm³/mol. The minimum absolute atomic E-state index is 0.798. The Kier molecular flexibility index (Phi) is 7.42. The molecule has 0 radical (unpaired) electrons. The van der Waals surface area contributed by atoms with Crippen LogP contribution in [0, 0.1) is 0 Å². The van der Waals surface area contributed by atoms with E-state index in [1.807, 2.05) is 84.9 Å². The largest absolute Gasteiger partial charge is 0.456 e. The fourth-order valence-corrected chi connectivity index (χ4v) is 10.6. The molecule has 0 bridgehead atoms. The summed E-state index contributed by atoms with van der Waals surface area (Å²) in [5.41, 5.74) is 8.78. The van der Waals surface area contributed by atoms with E-state index >= 15 is 4.57 Å². The zero-order valence-electron chi connectivity index (χ0n) is 28.7. The molecule has 0 atom stereocenters. The van der Waals surface area contributed by atoms with Gasteiger partial charge in [-0.2, -0.15) is 0 Å². The monoisotopic (exact) mass is 697 g/mol. The van der Waals surface area contributed by atoms with Gasteiger partial charge in [0.2, 0.25) is 0 Å². The van der Waals surface area contributed by atoms with Gasteiger partial charge in [-0.15, -0.1) is 0 Å². The Labute approximate surface area is 307 Å². The molecule has 0 unspecified atom stereocenters. The second-order valence-electron chi connectivity index (χ2n) is 13.4. The summed E-state index contributed by atoms with van der Waals surface area (Å²) in [6, 6.07) is 65.9. The van der Waals surface area contributed by atoms with Gasteiger partial charge in [0.15, 0.2) is 7.14 Å². The highest BCUT2D eigenvalue weighted by Crippen LogP contribution is 2.47. The number of rotatable bonds is 6. The molecule has 0 N–H and O–H groups in total. The van der Waals surface area contributed by atoms with Gasteiger partial charge >= 0.3 is 0 Å². The molecule has 0 aliphatic rings. The second-order valence-corrected chi connectivity index (χ2v) is 16.2. The molecule has 0 saturated heterocycles. The van der Waals surface area contributed by atoms with Crippen LogP contribution in [0.25, 0.3) is 77.1 Å². The molecule has 10 aromatic rings. The molecule has 0 aliphatic carbocycles. The maximum absolute atomic E-state index is 15.3. The Hall–Kier alpha value is -6.54. The lowest BCUT2D eigenvalue weighted by molar-refractivity contribution is 0.592. The molecule has 0 spiro atoms. The first-order chi connectivity index (χ1) is 26.2. The maximum atomic E-state index is 15.3. The van der Waals surface area contributed by atoms with E-state index < -0.39 is 7.14 Å². The van der Waals surface area contributed by atoms with E-state index in [4.69, 9.17) is 9.40 Å². The Morgan fingerprint density at radius 1 is 0.396 bits per heavy atom. The number of hydrogen-bond donors (Lipinski definition) is 0. The molecule has 0 aliphatic heterocycles. The van der Waals surface area contributed by atoms with Crippen molar-refractivity contribution in [3.8, 4) is 33.5 Å². The second kappa shape index (κ2) is 12.6. The van der Waals surface area contributed by atoms with Crippen molar-refractivity contribution in [2.45, 2.75) is 0 Å². The number of furan rings is 1. The fourth-order valence-electron chi connectivity index (χ4n) is 7.88. The van der Waals surface area contributed by atoms with Crippen molar-refractivity contribution in [3.05, 3.63) is 194 Å². The molecule has 10 rings (SSSR count). The van der Waals surface area contributed by atoms with Crippen molar-refractivity contribution in [1.82, 2.24) is 4.98 Å². The zero-order valence-corrected chi connectivity index (χ0v) is 29.6. The van der Waals surface area contributed by atoms with Gasteiger partial charge in [0.05, 0.1) is 11.2 Å². The molecular weight excluding hydrogens is 666 g/mol. The van der Waals surface area contributed by atoms with E-state index in [0.717, 1.165) is 93.0 Å². The molecule has 8 aromatic carbocycles. The third-order valence-electron chi connectivity index (χ3n) is 10.3. The molecule has 2 aromatic heterocycles. The van der Waals surface area contributed by atoms with Gasteiger partial charge < -0.3 is 8.98 Å². The SMILES string of the molecule is O=P(c1ccccc1)(c1ccccc1)c1cccc(-c2cccc(-c3nc4ccccc4c4c(-c5ccccc5)c5c(cc34)oc3ccccc35)c2)c1. The first kappa shape index (κ1) is 31.2. The van der Waals surface area contributed by atoms with Gasteiger partial charge in [-0.25, -0.2) is 4.98 Å². The first-order valence-corrected chi connectivity index (χ1v) is 19.5. The van der Waals surface area contributed by atoms with Crippen LogP contribution in [0.15, 0.2) is 199 Å². The van der Waals surface area contributed by atoms with Crippen molar-refractivity contribution in [2.24, 2.45) is 0 Å². The average Bonchev–Trinajstić information content (AvgIpc) is 3.61.